The molecule has 5 heteroatoms. The van der Waals surface area contributed by atoms with Crippen LogP contribution in [0.5, 0.6) is 0 Å². The molecule has 0 spiro atoms. The van der Waals surface area contributed by atoms with E-state index in [-0.39, 0.29) is 11.7 Å². The van der Waals surface area contributed by atoms with E-state index in [0.29, 0.717) is 0 Å². The zero-order valence-electron chi connectivity index (χ0n) is 10.5. The number of ether oxygens (including phenoxy) is 2. The Labute approximate surface area is 96.3 Å². The van der Waals surface area contributed by atoms with Crippen molar-refractivity contribution in [2.24, 2.45) is 11.7 Å². The number of rotatable bonds is 6. The van der Waals surface area contributed by atoms with Crippen LogP contribution in [0.2, 0.25) is 0 Å². The van der Waals surface area contributed by atoms with E-state index in [1.165, 1.54) is 6.92 Å². The SMILES string of the molecule is CC(N)OC(C)C(=O)OC(C)C(=O)C(C)C. The predicted molar refractivity (Wildman–Crippen MR) is 59.6 cm³/mol. The number of carbonyl (C=O) groups is 2. The highest BCUT2D eigenvalue weighted by molar-refractivity contribution is 5.87. The zero-order chi connectivity index (χ0) is 12.9. The first-order chi connectivity index (χ1) is 7.25. The molecule has 94 valence electrons. The molecule has 0 heterocycles. The number of hydrogen-bond acceptors (Lipinski definition) is 5. The molecule has 5 nitrogen and oxygen atoms in total. The average Bonchev–Trinajstić information content (AvgIpc) is 2.14. The molecule has 2 N–H and O–H groups in total. The van der Waals surface area contributed by atoms with Gasteiger partial charge in [-0.25, -0.2) is 4.79 Å². The van der Waals surface area contributed by atoms with E-state index in [2.05, 4.69) is 0 Å². The average molecular weight is 231 g/mol. The number of ketones is 1. The number of esters is 1. The maximum Gasteiger partial charge on any atom is 0.335 e. The summed E-state index contributed by atoms with van der Waals surface area (Å²) in [6.07, 6.45) is -2.05. The van der Waals surface area contributed by atoms with Gasteiger partial charge in [0.2, 0.25) is 0 Å². The van der Waals surface area contributed by atoms with Crippen LogP contribution in [0.15, 0.2) is 0 Å². The summed E-state index contributed by atoms with van der Waals surface area (Å²) in [5.74, 6) is -0.840. The molecule has 0 aliphatic rings. The number of nitrogens with two attached hydrogens (primary N) is 1. The van der Waals surface area contributed by atoms with E-state index >= 15 is 0 Å². The molecule has 0 aromatic heterocycles. The Morgan fingerprint density at radius 2 is 1.50 bits per heavy atom. The van der Waals surface area contributed by atoms with Crippen molar-refractivity contribution >= 4 is 11.8 Å². The van der Waals surface area contributed by atoms with Crippen LogP contribution in [0.4, 0.5) is 0 Å². The van der Waals surface area contributed by atoms with Crippen molar-refractivity contribution in [3.05, 3.63) is 0 Å². The van der Waals surface area contributed by atoms with Crippen LogP contribution in [-0.4, -0.2) is 30.2 Å². The molecule has 0 amide bonds. The largest absolute Gasteiger partial charge is 0.453 e. The van der Waals surface area contributed by atoms with E-state index in [0.717, 1.165) is 0 Å². The van der Waals surface area contributed by atoms with Crippen LogP contribution in [0.3, 0.4) is 0 Å². The highest BCUT2D eigenvalue weighted by Crippen LogP contribution is 2.06. The van der Waals surface area contributed by atoms with Crippen LogP contribution in [-0.2, 0) is 19.1 Å². The fourth-order valence-electron chi connectivity index (χ4n) is 1.18. The first-order valence-corrected chi connectivity index (χ1v) is 5.41. The minimum atomic E-state index is -0.762. The Morgan fingerprint density at radius 3 is 1.88 bits per heavy atom. The van der Waals surface area contributed by atoms with Gasteiger partial charge in [-0.15, -0.1) is 0 Å². The summed E-state index contributed by atoms with van der Waals surface area (Å²) >= 11 is 0. The van der Waals surface area contributed by atoms with Gasteiger partial charge >= 0.3 is 5.97 Å². The highest BCUT2D eigenvalue weighted by atomic mass is 16.6. The standard InChI is InChI=1S/C11H21NO4/c1-6(2)10(13)7(3)16-11(14)8(4)15-9(5)12/h6-9H,12H2,1-5H3. The van der Waals surface area contributed by atoms with Gasteiger partial charge in [0.15, 0.2) is 18.0 Å². The summed E-state index contributed by atoms with van der Waals surface area (Å²) < 4.78 is 10.0. The summed E-state index contributed by atoms with van der Waals surface area (Å²) in [5.41, 5.74) is 5.37. The smallest absolute Gasteiger partial charge is 0.335 e. The van der Waals surface area contributed by atoms with E-state index in [1.807, 2.05) is 0 Å². The van der Waals surface area contributed by atoms with E-state index in [9.17, 15) is 9.59 Å². The fraction of sp³-hybridized carbons (Fsp3) is 0.818. The third-order valence-electron chi connectivity index (χ3n) is 2.01. The molecule has 3 atom stereocenters. The molecule has 0 aromatic rings. The van der Waals surface area contributed by atoms with Crippen molar-refractivity contribution in [3.8, 4) is 0 Å². The molecule has 0 fully saturated rings. The molecule has 0 aliphatic heterocycles. The fourth-order valence-corrected chi connectivity index (χ4v) is 1.18. The van der Waals surface area contributed by atoms with Gasteiger partial charge in [-0.1, -0.05) is 13.8 Å². The summed E-state index contributed by atoms with van der Waals surface area (Å²) in [6.45, 7) is 8.23. The topological polar surface area (TPSA) is 78.6 Å². The second kappa shape index (κ2) is 6.60. The monoisotopic (exact) mass is 231 g/mol. The molecule has 16 heavy (non-hydrogen) atoms. The minimum Gasteiger partial charge on any atom is -0.453 e. The number of carbonyl (C=O) groups excluding carboxylic acids is 2. The summed E-state index contributed by atoms with van der Waals surface area (Å²) in [6, 6.07) is 0. The van der Waals surface area contributed by atoms with Crippen LogP contribution in [0.1, 0.15) is 34.6 Å². The third-order valence-corrected chi connectivity index (χ3v) is 2.01. The summed E-state index contributed by atoms with van der Waals surface area (Å²) in [5, 5.41) is 0. The molecule has 0 radical (unpaired) electrons. The van der Waals surface area contributed by atoms with Gasteiger partial charge in [-0.2, -0.15) is 0 Å². The van der Waals surface area contributed by atoms with Gasteiger partial charge in [0.05, 0.1) is 0 Å². The minimum absolute atomic E-state index is 0.110. The maximum atomic E-state index is 11.5. The van der Waals surface area contributed by atoms with Gasteiger partial charge in [-0.3, -0.25) is 4.79 Å². The van der Waals surface area contributed by atoms with E-state index in [1.54, 1.807) is 27.7 Å². The predicted octanol–water partition coefficient (Wildman–Crippen LogP) is 0.853. The first kappa shape index (κ1) is 15.1. The number of hydrogen-bond donors (Lipinski definition) is 1. The second-order valence-corrected chi connectivity index (χ2v) is 4.12. The van der Waals surface area contributed by atoms with Crippen molar-refractivity contribution in [3.63, 3.8) is 0 Å². The zero-order valence-corrected chi connectivity index (χ0v) is 10.5. The quantitative estimate of drug-likeness (QED) is 0.541. The summed E-state index contributed by atoms with van der Waals surface area (Å²) in [4.78, 5) is 22.9. The Kier molecular flexibility index (Phi) is 6.21. The van der Waals surface area contributed by atoms with Crippen molar-refractivity contribution in [2.75, 3.05) is 0 Å². The van der Waals surface area contributed by atoms with Crippen LogP contribution < -0.4 is 5.73 Å². The van der Waals surface area contributed by atoms with Crippen molar-refractivity contribution in [1.82, 2.24) is 0 Å². The van der Waals surface area contributed by atoms with Gasteiger partial charge in [0.1, 0.15) is 6.23 Å². The van der Waals surface area contributed by atoms with Crippen LogP contribution >= 0.6 is 0 Å². The van der Waals surface area contributed by atoms with E-state index < -0.39 is 24.4 Å². The van der Waals surface area contributed by atoms with Crippen molar-refractivity contribution in [1.29, 1.82) is 0 Å². The molecular formula is C11H21NO4. The first-order valence-electron chi connectivity index (χ1n) is 5.41. The van der Waals surface area contributed by atoms with E-state index in [4.69, 9.17) is 15.2 Å². The normalized spacial score (nSPS) is 16.7. The lowest BCUT2D eigenvalue weighted by Crippen LogP contribution is -2.36. The third kappa shape index (κ3) is 5.23. The van der Waals surface area contributed by atoms with Crippen molar-refractivity contribution < 1.29 is 19.1 Å². The van der Waals surface area contributed by atoms with Gasteiger partial charge in [0.25, 0.3) is 0 Å². The lowest BCUT2D eigenvalue weighted by Gasteiger charge is -2.18. The molecule has 3 unspecified atom stereocenters. The Morgan fingerprint density at radius 1 is 1.00 bits per heavy atom. The molecule has 0 rings (SSSR count). The highest BCUT2D eigenvalue weighted by Gasteiger charge is 2.24. The maximum absolute atomic E-state index is 11.5. The second-order valence-electron chi connectivity index (χ2n) is 4.12. The lowest BCUT2D eigenvalue weighted by molar-refractivity contribution is -0.167. The van der Waals surface area contributed by atoms with Crippen LogP contribution in [0, 0.1) is 5.92 Å². The van der Waals surface area contributed by atoms with Crippen molar-refractivity contribution in [2.45, 2.75) is 53.1 Å². The molecule has 0 aromatic carbocycles. The Hall–Kier alpha value is -0.940. The van der Waals surface area contributed by atoms with Gasteiger partial charge in [0, 0.05) is 5.92 Å². The Bertz CT molecular complexity index is 250. The molecule has 0 saturated heterocycles. The lowest BCUT2D eigenvalue weighted by atomic mass is 10.1. The molecule has 0 aliphatic carbocycles. The summed E-state index contributed by atoms with van der Waals surface area (Å²) in [7, 11) is 0. The van der Waals surface area contributed by atoms with Crippen LogP contribution in [0.25, 0.3) is 0 Å². The van der Waals surface area contributed by atoms with Gasteiger partial charge in [-0.05, 0) is 20.8 Å². The molecular weight excluding hydrogens is 210 g/mol. The number of Topliss-reactive ketones (excluding diaryl/α,β-unsaturated/α-hetero) is 1. The van der Waals surface area contributed by atoms with Gasteiger partial charge < -0.3 is 15.2 Å². The molecule has 0 bridgehead atoms. The molecule has 0 saturated carbocycles. The Balaban J connectivity index is 4.18.